The molecule has 1 atom stereocenters. The van der Waals surface area contributed by atoms with Crippen LogP contribution in [0.3, 0.4) is 0 Å². The van der Waals surface area contributed by atoms with Crippen LogP contribution in [0.15, 0.2) is 99.8 Å². The second kappa shape index (κ2) is 10.5. The summed E-state index contributed by atoms with van der Waals surface area (Å²) >= 11 is 12.3. The van der Waals surface area contributed by atoms with Crippen molar-refractivity contribution in [1.82, 2.24) is 15.0 Å². The molecule has 194 valence electrons. The van der Waals surface area contributed by atoms with Crippen LogP contribution in [0.2, 0.25) is 10.0 Å². The summed E-state index contributed by atoms with van der Waals surface area (Å²) in [5.41, 5.74) is 4.54. The molecule has 39 heavy (non-hydrogen) atoms. The zero-order valence-corrected chi connectivity index (χ0v) is 22.1. The van der Waals surface area contributed by atoms with E-state index in [9.17, 15) is 9.59 Å². The predicted octanol–water partition coefficient (Wildman–Crippen LogP) is 6.80. The fourth-order valence-electron chi connectivity index (χ4n) is 4.98. The van der Waals surface area contributed by atoms with Gasteiger partial charge in [0.25, 0.3) is 5.56 Å². The Morgan fingerprint density at radius 1 is 0.974 bits per heavy atom. The molecule has 0 saturated carbocycles. The average molecular weight is 557 g/mol. The van der Waals surface area contributed by atoms with E-state index < -0.39 is 6.04 Å². The van der Waals surface area contributed by atoms with Crippen LogP contribution >= 0.6 is 23.2 Å². The SMILES string of the molecule is O=C(CCc1cocn1)N1N=C(c2c(-c3ccc(Cl)cc3)c3ccccc3[nH]c2=O)CC1c1ccc(Cl)cc1. The molecule has 0 fully saturated rings. The number of aryl methyl sites for hydroxylation is 1. The quantitative estimate of drug-likeness (QED) is 0.249. The number of oxazole rings is 1. The van der Waals surface area contributed by atoms with Crippen LogP contribution in [0.5, 0.6) is 0 Å². The van der Waals surface area contributed by atoms with Crippen molar-refractivity contribution in [1.29, 1.82) is 0 Å². The van der Waals surface area contributed by atoms with Crippen molar-refractivity contribution in [3.05, 3.63) is 123 Å². The van der Waals surface area contributed by atoms with E-state index >= 15 is 0 Å². The summed E-state index contributed by atoms with van der Waals surface area (Å²) in [5, 5.41) is 8.34. The molecule has 2 aromatic heterocycles. The van der Waals surface area contributed by atoms with Crippen LogP contribution in [0.4, 0.5) is 0 Å². The van der Waals surface area contributed by atoms with Gasteiger partial charge in [0, 0.05) is 45.8 Å². The monoisotopic (exact) mass is 556 g/mol. The lowest BCUT2D eigenvalue weighted by atomic mass is 9.91. The van der Waals surface area contributed by atoms with E-state index in [0.717, 1.165) is 22.1 Å². The van der Waals surface area contributed by atoms with Gasteiger partial charge in [-0.3, -0.25) is 9.59 Å². The Bertz CT molecular complexity index is 1740. The molecule has 1 N–H and O–H groups in total. The lowest BCUT2D eigenvalue weighted by Gasteiger charge is -2.22. The molecular weight excluding hydrogens is 535 g/mol. The standard InChI is InChI=1S/C30H22Cl2N4O3/c31-20-9-5-18(6-10-20)26-15-25(35-36(26)27(37)14-13-22-16-39-17-33-22)29-28(19-7-11-21(32)12-8-19)23-3-1-2-4-24(23)34-30(29)38/h1-12,16-17,26H,13-15H2,(H,34,38). The summed E-state index contributed by atoms with van der Waals surface area (Å²) < 4.78 is 5.04. The number of nitrogens with zero attached hydrogens (tertiary/aromatic N) is 3. The number of hydrogen-bond donors (Lipinski definition) is 1. The second-order valence-electron chi connectivity index (χ2n) is 9.29. The first-order valence-electron chi connectivity index (χ1n) is 12.4. The third-order valence-electron chi connectivity index (χ3n) is 6.84. The van der Waals surface area contributed by atoms with Gasteiger partial charge in [0.1, 0.15) is 6.26 Å². The number of para-hydroxylation sites is 1. The highest BCUT2D eigenvalue weighted by molar-refractivity contribution is 6.31. The van der Waals surface area contributed by atoms with Crippen LogP contribution in [-0.2, 0) is 11.2 Å². The van der Waals surface area contributed by atoms with Crippen molar-refractivity contribution in [2.75, 3.05) is 0 Å². The van der Waals surface area contributed by atoms with Crippen molar-refractivity contribution in [3.8, 4) is 11.1 Å². The fraction of sp³-hybridized carbons (Fsp3) is 0.133. The van der Waals surface area contributed by atoms with Gasteiger partial charge in [-0.25, -0.2) is 9.99 Å². The molecule has 3 heterocycles. The summed E-state index contributed by atoms with van der Waals surface area (Å²) in [6.45, 7) is 0. The van der Waals surface area contributed by atoms with Gasteiger partial charge in [0.15, 0.2) is 6.39 Å². The zero-order valence-electron chi connectivity index (χ0n) is 20.6. The highest BCUT2D eigenvalue weighted by Gasteiger charge is 2.35. The van der Waals surface area contributed by atoms with Crippen molar-refractivity contribution < 1.29 is 9.21 Å². The minimum absolute atomic E-state index is 0.182. The average Bonchev–Trinajstić information content (AvgIpc) is 3.63. The van der Waals surface area contributed by atoms with Gasteiger partial charge >= 0.3 is 0 Å². The Morgan fingerprint density at radius 3 is 2.41 bits per heavy atom. The molecule has 1 aliphatic heterocycles. The zero-order chi connectivity index (χ0) is 26.9. The first-order valence-corrected chi connectivity index (χ1v) is 13.2. The van der Waals surface area contributed by atoms with Crippen molar-refractivity contribution in [2.45, 2.75) is 25.3 Å². The van der Waals surface area contributed by atoms with Crippen molar-refractivity contribution in [2.24, 2.45) is 5.10 Å². The van der Waals surface area contributed by atoms with Gasteiger partial charge < -0.3 is 9.40 Å². The number of nitrogens with one attached hydrogen (secondary N) is 1. The van der Waals surface area contributed by atoms with Crippen LogP contribution in [0.1, 0.15) is 35.7 Å². The molecular formula is C30H22Cl2N4O3. The minimum Gasteiger partial charge on any atom is -0.451 e. The molecule has 0 radical (unpaired) electrons. The summed E-state index contributed by atoms with van der Waals surface area (Å²) in [6.07, 6.45) is 3.82. The number of aromatic amines is 1. The van der Waals surface area contributed by atoms with E-state index in [1.54, 1.807) is 24.3 Å². The maximum absolute atomic E-state index is 13.6. The number of hydrazone groups is 1. The van der Waals surface area contributed by atoms with Gasteiger partial charge in [0.2, 0.25) is 5.91 Å². The van der Waals surface area contributed by atoms with Gasteiger partial charge in [-0.05, 0) is 41.5 Å². The molecule has 1 unspecified atom stereocenters. The molecule has 1 amide bonds. The van der Waals surface area contributed by atoms with Crippen LogP contribution < -0.4 is 5.56 Å². The number of pyridine rings is 1. The predicted molar refractivity (Wildman–Crippen MR) is 152 cm³/mol. The third-order valence-corrected chi connectivity index (χ3v) is 7.35. The smallest absolute Gasteiger partial charge is 0.258 e. The van der Waals surface area contributed by atoms with Crippen molar-refractivity contribution in [3.63, 3.8) is 0 Å². The maximum Gasteiger partial charge on any atom is 0.258 e. The van der Waals surface area contributed by atoms with E-state index in [-0.39, 0.29) is 17.9 Å². The number of rotatable bonds is 6. The first kappa shape index (κ1) is 25.1. The van der Waals surface area contributed by atoms with Gasteiger partial charge in [-0.15, -0.1) is 0 Å². The van der Waals surface area contributed by atoms with E-state index in [1.165, 1.54) is 17.7 Å². The normalized spacial score (nSPS) is 15.1. The Labute approximate surface area is 233 Å². The minimum atomic E-state index is -0.397. The summed E-state index contributed by atoms with van der Waals surface area (Å²) in [6, 6.07) is 21.9. The molecule has 3 aromatic carbocycles. The lowest BCUT2D eigenvalue weighted by molar-refractivity contribution is -0.133. The van der Waals surface area contributed by atoms with Gasteiger partial charge in [-0.2, -0.15) is 5.10 Å². The van der Waals surface area contributed by atoms with E-state index in [0.29, 0.717) is 45.4 Å². The van der Waals surface area contributed by atoms with Crippen LogP contribution in [0.25, 0.3) is 22.0 Å². The van der Waals surface area contributed by atoms with Crippen LogP contribution in [0, 0.1) is 0 Å². The lowest BCUT2D eigenvalue weighted by Crippen LogP contribution is -2.27. The Morgan fingerprint density at radius 2 is 1.69 bits per heavy atom. The molecule has 0 aliphatic carbocycles. The molecule has 1 aliphatic rings. The number of amides is 1. The summed E-state index contributed by atoms with van der Waals surface area (Å²) in [5.74, 6) is -0.182. The molecule has 7 nitrogen and oxygen atoms in total. The summed E-state index contributed by atoms with van der Waals surface area (Å²) in [7, 11) is 0. The molecule has 9 heteroatoms. The van der Waals surface area contributed by atoms with E-state index in [2.05, 4.69) is 9.97 Å². The second-order valence-corrected chi connectivity index (χ2v) is 10.2. The molecule has 6 rings (SSSR count). The molecule has 0 saturated heterocycles. The number of benzene rings is 3. The Kier molecular flexibility index (Phi) is 6.77. The number of hydrogen-bond acceptors (Lipinski definition) is 5. The topological polar surface area (TPSA) is 91.6 Å². The number of carbonyl (C=O) groups excluding carboxylic acids is 1. The number of halogens is 2. The molecule has 0 spiro atoms. The largest absolute Gasteiger partial charge is 0.451 e. The van der Waals surface area contributed by atoms with Gasteiger partial charge in [0.05, 0.1) is 23.0 Å². The van der Waals surface area contributed by atoms with E-state index in [1.807, 2.05) is 48.5 Å². The van der Waals surface area contributed by atoms with Gasteiger partial charge in [-0.1, -0.05) is 65.7 Å². The third kappa shape index (κ3) is 4.99. The number of fused-ring (bicyclic) bond motifs is 1. The number of H-pyrrole nitrogens is 1. The number of carbonyl (C=O) groups is 1. The Hall–Kier alpha value is -4.20. The maximum atomic E-state index is 13.6. The van der Waals surface area contributed by atoms with Crippen LogP contribution in [-0.4, -0.2) is 26.6 Å². The highest BCUT2D eigenvalue weighted by atomic mass is 35.5. The first-order chi connectivity index (χ1) is 19.0. The van der Waals surface area contributed by atoms with Crippen molar-refractivity contribution >= 4 is 45.7 Å². The van der Waals surface area contributed by atoms with E-state index in [4.69, 9.17) is 32.7 Å². The molecule has 5 aromatic rings. The fourth-order valence-corrected chi connectivity index (χ4v) is 5.23. The highest BCUT2D eigenvalue weighted by Crippen LogP contribution is 2.37. The summed E-state index contributed by atoms with van der Waals surface area (Å²) in [4.78, 5) is 34.2. The Balaban J connectivity index is 1.48. The number of aromatic nitrogens is 2. The molecule has 0 bridgehead atoms.